The molecule has 17 heavy (non-hydrogen) atoms. The van der Waals surface area contributed by atoms with Crippen molar-refractivity contribution in [1.82, 2.24) is 14.7 Å². The van der Waals surface area contributed by atoms with Gasteiger partial charge < -0.3 is 9.80 Å². The Labute approximate surface area is 106 Å². The van der Waals surface area contributed by atoms with E-state index in [0.29, 0.717) is 12.3 Å². The van der Waals surface area contributed by atoms with Crippen molar-refractivity contribution in [3.63, 3.8) is 0 Å². The van der Waals surface area contributed by atoms with Gasteiger partial charge >= 0.3 is 0 Å². The van der Waals surface area contributed by atoms with E-state index in [1.807, 2.05) is 0 Å². The Bertz CT molecular complexity index is 287. The van der Waals surface area contributed by atoms with Gasteiger partial charge in [0.2, 0.25) is 5.91 Å². The molecule has 2 heterocycles. The predicted molar refractivity (Wildman–Crippen MR) is 68.1 cm³/mol. The van der Waals surface area contributed by atoms with Crippen LogP contribution in [-0.4, -0.2) is 77.9 Å². The van der Waals surface area contributed by atoms with Crippen LogP contribution in [0, 0.1) is 0 Å². The van der Waals surface area contributed by atoms with E-state index < -0.39 is 0 Å². The van der Waals surface area contributed by atoms with Crippen LogP contribution in [0.15, 0.2) is 0 Å². The molecule has 0 saturated carbocycles. The van der Waals surface area contributed by atoms with Crippen molar-refractivity contribution in [1.29, 1.82) is 0 Å². The highest BCUT2D eigenvalue weighted by molar-refractivity contribution is 8.14. The van der Waals surface area contributed by atoms with E-state index in [0.717, 1.165) is 50.9 Å². The van der Waals surface area contributed by atoms with Crippen LogP contribution in [0.2, 0.25) is 0 Å². The molecule has 2 aliphatic heterocycles. The van der Waals surface area contributed by atoms with E-state index in [1.54, 1.807) is 0 Å². The summed E-state index contributed by atoms with van der Waals surface area (Å²) >= 11 is 1.12. The molecule has 0 aromatic carbocycles. The van der Waals surface area contributed by atoms with E-state index >= 15 is 0 Å². The number of likely N-dealkylation sites (N-methyl/N-ethyl adjacent to an activating group) is 1. The van der Waals surface area contributed by atoms with Gasteiger partial charge in [0.05, 0.1) is 5.75 Å². The molecule has 96 valence electrons. The number of nitrogens with zero attached hydrogens (tertiary/aromatic N) is 3. The van der Waals surface area contributed by atoms with E-state index in [2.05, 4.69) is 16.8 Å². The molecule has 0 aromatic rings. The summed E-state index contributed by atoms with van der Waals surface area (Å²) in [5.41, 5.74) is 0. The fourth-order valence-electron chi connectivity index (χ4n) is 2.12. The third kappa shape index (κ3) is 3.43. The highest BCUT2D eigenvalue weighted by Gasteiger charge is 2.29. The number of rotatable bonds is 4. The summed E-state index contributed by atoms with van der Waals surface area (Å²) in [5, 5.41) is -0.0756. The van der Waals surface area contributed by atoms with Gasteiger partial charge in [-0.25, -0.2) is 0 Å². The molecule has 6 heteroatoms. The van der Waals surface area contributed by atoms with Crippen LogP contribution in [0.3, 0.4) is 0 Å². The van der Waals surface area contributed by atoms with Gasteiger partial charge in [0.25, 0.3) is 5.24 Å². The maximum Gasteiger partial charge on any atom is 0.288 e. The summed E-state index contributed by atoms with van der Waals surface area (Å²) in [7, 11) is 2.14. The second-order valence-corrected chi connectivity index (χ2v) is 5.53. The van der Waals surface area contributed by atoms with Gasteiger partial charge in [-0.2, -0.15) is 0 Å². The molecule has 0 aliphatic carbocycles. The number of hydrogen-bond donors (Lipinski definition) is 0. The molecule has 0 spiro atoms. The summed E-state index contributed by atoms with van der Waals surface area (Å²) in [5.74, 6) is 0.297. The zero-order valence-electron chi connectivity index (χ0n) is 10.2. The summed E-state index contributed by atoms with van der Waals surface area (Å²) in [4.78, 5) is 28.8. The Morgan fingerprint density at radius 3 is 2.41 bits per heavy atom. The minimum absolute atomic E-state index is 0.0293. The smallest absolute Gasteiger partial charge is 0.288 e. The molecule has 2 fully saturated rings. The number of carbonyl (C=O) groups is 2. The molecule has 0 bridgehead atoms. The third-order valence-electron chi connectivity index (χ3n) is 3.29. The fourth-order valence-corrected chi connectivity index (χ4v) is 2.87. The van der Waals surface area contributed by atoms with Crippen molar-refractivity contribution < 1.29 is 9.59 Å². The molecule has 5 nitrogen and oxygen atoms in total. The van der Waals surface area contributed by atoms with Crippen LogP contribution in [0.5, 0.6) is 0 Å². The number of amides is 2. The lowest BCUT2D eigenvalue weighted by Crippen LogP contribution is -2.45. The van der Waals surface area contributed by atoms with E-state index in [9.17, 15) is 9.59 Å². The third-order valence-corrected chi connectivity index (χ3v) is 4.15. The Kier molecular flexibility index (Phi) is 4.42. The number of piperazine rings is 1. The number of imide groups is 1. The minimum Gasteiger partial charge on any atom is -0.304 e. The van der Waals surface area contributed by atoms with Gasteiger partial charge in [-0.3, -0.25) is 14.5 Å². The predicted octanol–water partition coefficient (Wildman–Crippen LogP) is 0.319. The number of hydrogen-bond acceptors (Lipinski definition) is 5. The van der Waals surface area contributed by atoms with Gasteiger partial charge in [-0.05, 0) is 20.0 Å². The maximum absolute atomic E-state index is 11.4. The Balaban J connectivity index is 1.66. The molecular formula is C11H19N3O2S. The quantitative estimate of drug-likeness (QED) is 0.725. The SMILES string of the molecule is CN1CCN(CCCN2C(=O)CSC2=O)CC1. The Morgan fingerprint density at radius 2 is 1.82 bits per heavy atom. The molecular weight excluding hydrogens is 238 g/mol. The van der Waals surface area contributed by atoms with Crippen molar-refractivity contribution in [3.05, 3.63) is 0 Å². The van der Waals surface area contributed by atoms with Crippen LogP contribution in [0.4, 0.5) is 4.79 Å². The van der Waals surface area contributed by atoms with Crippen molar-refractivity contribution in [3.8, 4) is 0 Å². The highest BCUT2D eigenvalue weighted by Crippen LogP contribution is 2.18. The number of thioether (sulfide) groups is 1. The largest absolute Gasteiger partial charge is 0.304 e. The van der Waals surface area contributed by atoms with Gasteiger partial charge in [0.1, 0.15) is 0 Å². The van der Waals surface area contributed by atoms with Crippen LogP contribution in [0.25, 0.3) is 0 Å². The molecule has 0 atom stereocenters. The Hall–Kier alpha value is -0.590. The molecule has 0 N–H and O–H groups in total. The van der Waals surface area contributed by atoms with E-state index in [1.165, 1.54) is 4.90 Å². The summed E-state index contributed by atoms with van der Waals surface area (Å²) in [6.07, 6.45) is 0.891. The average Bonchev–Trinajstić information content (AvgIpc) is 2.63. The monoisotopic (exact) mass is 257 g/mol. The molecule has 2 saturated heterocycles. The normalized spacial score (nSPS) is 23.7. The van der Waals surface area contributed by atoms with Crippen molar-refractivity contribution >= 4 is 22.9 Å². The van der Waals surface area contributed by atoms with Crippen LogP contribution >= 0.6 is 11.8 Å². The topological polar surface area (TPSA) is 43.9 Å². The van der Waals surface area contributed by atoms with Crippen molar-refractivity contribution in [2.45, 2.75) is 6.42 Å². The fraction of sp³-hybridized carbons (Fsp3) is 0.818. The standard InChI is InChI=1S/C11H19N3O2S/c1-12-5-7-13(8-6-12)3-2-4-14-10(15)9-17-11(14)16/h2-9H2,1H3. The first kappa shape index (κ1) is 12.9. The summed E-state index contributed by atoms with van der Waals surface area (Å²) in [6, 6.07) is 0. The first-order valence-electron chi connectivity index (χ1n) is 6.05. The Morgan fingerprint density at radius 1 is 1.12 bits per heavy atom. The minimum atomic E-state index is -0.0756. The first-order chi connectivity index (χ1) is 8.16. The first-order valence-corrected chi connectivity index (χ1v) is 7.03. The van der Waals surface area contributed by atoms with Crippen molar-refractivity contribution in [2.24, 2.45) is 0 Å². The summed E-state index contributed by atoms with van der Waals surface area (Å²) < 4.78 is 0. The van der Waals surface area contributed by atoms with Crippen LogP contribution in [0.1, 0.15) is 6.42 Å². The van der Waals surface area contributed by atoms with Crippen molar-refractivity contribution in [2.75, 3.05) is 52.1 Å². The zero-order valence-corrected chi connectivity index (χ0v) is 11.0. The molecule has 2 rings (SSSR count). The van der Waals surface area contributed by atoms with Gasteiger partial charge in [-0.1, -0.05) is 11.8 Å². The lowest BCUT2D eigenvalue weighted by Gasteiger charge is -2.32. The van der Waals surface area contributed by atoms with Crippen LogP contribution < -0.4 is 0 Å². The second-order valence-electron chi connectivity index (χ2n) is 4.60. The second kappa shape index (κ2) is 5.84. The molecule has 2 amide bonds. The summed E-state index contributed by atoms with van der Waals surface area (Å²) in [6.45, 7) is 5.96. The highest BCUT2D eigenvalue weighted by atomic mass is 32.2. The lowest BCUT2D eigenvalue weighted by atomic mass is 10.3. The van der Waals surface area contributed by atoms with E-state index in [4.69, 9.17) is 0 Å². The molecule has 2 aliphatic rings. The number of carbonyl (C=O) groups excluding carboxylic acids is 2. The zero-order chi connectivity index (χ0) is 12.3. The van der Waals surface area contributed by atoms with Crippen LogP contribution in [-0.2, 0) is 4.79 Å². The van der Waals surface area contributed by atoms with Gasteiger partial charge in [-0.15, -0.1) is 0 Å². The molecule has 0 aromatic heterocycles. The molecule has 0 unspecified atom stereocenters. The van der Waals surface area contributed by atoms with Gasteiger partial charge in [0, 0.05) is 32.7 Å². The van der Waals surface area contributed by atoms with E-state index in [-0.39, 0.29) is 11.1 Å². The average molecular weight is 257 g/mol. The lowest BCUT2D eigenvalue weighted by molar-refractivity contribution is -0.124. The maximum atomic E-state index is 11.4. The van der Waals surface area contributed by atoms with Gasteiger partial charge in [0.15, 0.2) is 0 Å². The molecule has 0 radical (unpaired) electrons.